The molecular weight excluding hydrogens is 242 g/mol. The number of halogens is 1. The summed E-state index contributed by atoms with van der Waals surface area (Å²) in [6, 6.07) is 1.34. The number of nitrogen functional groups attached to an aromatic ring is 1. The minimum atomic E-state index is -0.653. The third-order valence-electron chi connectivity index (χ3n) is 1.35. The average molecular weight is 248 g/mol. The molecule has 6 nitrogen and oxygen atoms in total. The number of hydrogen-bond acceptors (Lipinski definition) is 5. The van der Waals surface area contributed by atoms with E-state index in [1.54, 1.807) is 0 Å². The predicted molar refractivity (Wildman–Crippen MR) is 49.6 cm³/mol. The Morgan fingerprint density at radius 1 is 1.77 bits per heavy atom. The topological polar surface area (TPSA) is 91.3 Å². The fourth-order valence-electron chi connectivity index (χ4n) is 0.767. The van der Waals surface area contributed by atoms with E-state index < -0.39 is 4.92 Å². The van der Waals surface area contributed by atoms with Crippen LogP contribution in [0.3, 0.4) is 0 Å². The number of nitrogens with two attached hydrogens (primary N) is 1. The first-order valence-electron chi connectivity index (χ1n) is 3.20. The number of hydrogen-bond donors (Lipinski definition) is 1. The maximum absolute atomic E-state index is 10.4. The Morgan fingerprint density at radius 3 is 2.85 bits per heavy atom. The molecule has 1 aromatic rings. The summed E-state index contributed by atoms with van der Waals surface area (Å²) in [7, 11) is 1.42. The van der Waals surface area contributed by atoms with Crippen molar-refractivity contribution < 1.29 is 9.66 Å². The number of nitrogens with zero attached hydrogens (tertiary/aromatic N) is 2. The summed E-state index contributed by atoms with van der Waals surface area (Å²) in [6.07, 6.45) is 0. The van der Waals surface area contributed by atoms with Gasteiger partial charge in [-0.05, 0) is 9.91 Å². The van der Waals surface area contributed by atoms with Crippen molar-refractivity contribution in [2.24, 2.45) is 0 Å². The normalized spacial score (nSPS) is 9.69. The zero-order valence-electron chi connectivity index (χ0n) is 6.65. The van der Waals surface area contributed by atoms with Crippen LogP contribution in [0.2, 0.25) is 0 Å². The number of pyridine rings is 1. The Bertz CT molecular complexity index is 355. The number of aromatic nitrogens is 1. The molecule has 0 unspecified atom stereocenters. The van der Waals surface area contributed by atoms with Crippen molar-refractivity contribution in [3.8, 4) is 5.75 Å². The minimum Gasteiger partial charge on any atom is -0.492 e. The molecule has 0 atom stereocenters. The second-order valence-electron chi connectivity index (χ2n) is 2.15. The number of methoxy groups -OCH3 is 1. The van der Waals surface area contributed by atoms with Crippen molar-refractivity contribution >= 4 is 27.4 Å². The van der Waals surface area contributed by atoms with Gasteiger partial charge in [0, 0.05) is 22.0 Å². The molecule has 0 bridgehead atoms. The van der Waals surface area contributed by atoms with Crippen molar-refractivity contribution in [3.63, 3.8) is 0 Å². The zero-order chi connectivity index (χ0) is 10.0. The second-order valence-corrected chi connectivity index (χ2v) is 2.90. The standard InChI is InChI=1S/C6H6BrN3O3/c1-13-4-2-3(8)6(10(11)12)9-5(4)7/h2H,8H2,1H3. The van der Waals surface area contributed by atoms with Gasteiger partial charge in [-0.1, -0.05) is 0 Å². The van der Waals surface area contributed by atoms with Gasteiger partial charge in [-0.3, -0.25) is 0 Å². The molecule has 0 aliphatic carbocycles. The van der Waals surface area contributed by atoms with Gasteiger partial charge in [-0.25, -0.2) is 0 Å². The first kappa shape index (κ1) is 9.72. The summed E-state index contributed by atoms with van der Waals surface area (Å²) < 4.78 is 5.11. The molecule has 0 aliphatic heterocycles. The smallest absolute Gasteiger partial charge is 0.388 e. The molecule has 0 aliphatic rings. The third kappa shape index (κ3) is 1.86. The molecule has 0 saturated carbocycles. The highest BCUT2D eigenvalue weighted by Gasteiger charge is 2.18. The summed E-state index contributed by atoms with van der Waals surface area (Å²) in [5.41, 5.74) is 5.34. The van der Waals surface area contributed by atoms with E-state index in [2.05, 4.69) is 20.9 Å². The van der Waals surface area contributed by atoms with Gasteiger partial charge in [0.1, 0.15) is 5.69 Å². The molecular formula is C6H6BrN3O3. The van der Waals surface area contributed by atoms with E-state index in [9.17, 15) is 10.1 Å². The van der Waals surface area contributed by atoms with Crippen LogP contribution < -0.4 is 10.5 Å². The van der Waals surface area contributed by atoms with Gasteiger partial charge >= 0.3 is 5.82 Å². The molecule has 1 aromatic heterocycles. The molecule has 1 heterocycles. The number of ether oxygens (including phenoxy) is 1. The molecule has 13 heavy (non-hydrogen) atoms. The van der Waals surface area contributed by atoms with Crippen LogP contribution in [0.25, 0.3) is 0 Å². The van der Waals surface area contributed by atoms with Crippen molar-refractivity contribution in [2.45, 2.75) is 0 Å². The molecule has 0 fully saturated rings. The predicted octanol–water partition coefficient (Wildman–Crippen LogP) is 1.34. The van der Waals surface area contributed by atoms with E-state index in [0.717, 1.165) is 0 Å². The van der Waals surface area contributed by atoms with Crippen molar-refractivity contribution in [2.75, 3.05) is 12.8 Å². The Hall–Kier alpha value is -1.37. The third-order valence-corrected chi connectivity index (χ3v) is 1.91. The summed E-state index contributed by atoms with van der Waals surface area (Å²) >= 11 is 3.01. The van der Waals surface area contributed by atoms with Gasteiger partial charge in [-0.2, -0.15) is 0 Å². The molecule has 0 spiro atoms. The van der Waals surface area contributed by atoms with Crippen LogP contribution in [0.4, 0.5) is 11.5 Å². The van der Waals surface area contributed by atoms with Crippen LogP contribution in [0, 0.1) is 10.1 Å². The number of nitro groups is 1. The largest absolute Gasteiger partial charge is 0.492 e. The van der Waals surface area contributed by atoms with Crippen LogP contribution in [0.5, 0.6) is 5.75 Å². The highest BCUT2D eigenvalue weighted by atomic mass is 79.9. The first-order chi connectivity index (χ1) is 6.06. The number of anilines is 1. The quantitative estimate of drug-likeness (QED) is 0.484. The van der Waals surface area contributed by atoms with Gasteiger partial charge < -0.3 is 20.6 Å². The second kappa shape index (κ2) is 3.56. The van der Waals surface area contributed by atoms with Crippen LogP contribution in [-0.2, 0) is 0 Å². The van der Waals surface area contributed by atoms with Crippen molar-refractivity contribution in [1.29, 1.82) is 0 Å². The Balaban J connectivity index is 3.28. The van der Waals surface area contributed by atoms with Gasteiger partial charge in [0.15, 0.2) is 5.75 Å². The lowest BCUT2D eigenvalue weighted by Gasteiger charge is -2.01. The fraction of sp³-hybridized carbons (Fsp3) is 0.167. The molecule has 0 radical (unpaired) electrons. The van der Waals surface area contributed by atoms with Crippen LogP contribution >= 0.6 is 15.9 Å². The molecule has 0 saturated heterocycles. The molecule has 7 heteroatoms. The maximum Gasteiger partial charge on any atom is 0.388 e. The fourth-order valence-corrected chi connectivity index (χ4v) is 1.21. The molecule has 0 aromatic carbocycles. The van der Waals surface area contributed by atoms with Gasteiger partial charge in [0.05, 0.1) is 7.11 Å². The maximum atomic E-state index is 10.4. The Morgan fingerprint density at radius 2 is 2.38 bits per heavy atom. The van der Waals surface area contributed by atoms with Crippen LogP contribution in [-0.4, -0.2) is 17.0 Å². The Labute approximate surface area is 82.0 Å². The summed E-state index contributed by atoms with van der Waals surface area (Å²) in [6.45, 7) is 0. The van der Waals surface area contributed by atoms with Gasteiger partial charge in [0.2, 0.25) is 0 Å². The lowest BCUT2D eigenvalue weighted by molar-refractivity contribution is -0.388. The van der Waals surface area contributed by atoms with Crippen molar-refractivity contribution in [1.82, 2.24) is 4.98 Å². The molecule has 2 N–H and O–H groups in total. The first-order valence-corrected chi connectivity index (χ1v) is 4.00. The summed E-state index contributed by atoms with van der Waals surface area (Å²) in [5.74, 6) is -0.0178. The van der Waals surface area contributed by atoms with Crippen LogP contribution in [0.15, 0.2) is 10.7 Å². The summed E-state index contributed by atoms with van der Waals surface area (Å²) in [4.78, 5) is 13.3. The highest BCUT2D eigenvalue weighted by molar-refractivity contribution is 9.10. The zero-order valence-corrected chi connectivity index (χ0v) is 8.24. The van der Waals surface area contributed by atoms with E-state index in [4.69, 9.17) is 10.5 Å². The minimum absolute atomic E-state index is 0.0231. The average Bonchev–Trinajstić information content (AvgIpc) is 2.07. The SMILES string of the molecule is COc1cc(N)c([N+](=O)[O-])nc1Br. The molecule has 70 valence electrons. The van der Waals surface area contributed by atoms with E-state index >= 15 is 0 Å². The number of rotatable bonds is 2. The molecule has 1 rings (SSSR count). The monoisotopic (exact) mass is 247 g/mol. The van der Waals surface area contributed by atoms with Gasteiger partial charge in [-0.15, -0.1) is 0 Å². The van der Waals surface area contributed by atoms with Gasteiger partial charge in [0.25, 0.3) is 4.60 Å². The lowest BCUT2D eigenvalue weighted by atomic mass is 10.4. The highest BCUT2D eigenvalue weighted by Crippen LogP contribution is 2.30. The Kier molecular flexibility index (Phi) is 2.66. The summed E-state index contributed by atoms with van der Waals surface area (Å²) in [5, 5.41) is 10.4. The van der Waals surface area contributed by atoms with Crippen molar-refractivity contribution in [3.05, 3.63) is 20.8 Å². The van der Waals surface area contributed by atoms with E-state index in [-0.39, 0.29) is 16.1 Å². The van der Waals surface area contributed by atoms with E-state index in [1.807, 2.05) is 0 Å². The van der Waals surface area contributed by atoms with Crippen LogP contribution in [0.1, 0.15) is 0 Å². The van der Waals surface area contributed by atoms with E-state index in [0.29, 0.717) is 5.75 Å². The molecule has 0 amide bonds. The lowest BCUT2D eigenvalue weighted by Crippen LogP contribution is -2.00. The van der Waals surface area contributed by atoms with E-state index in [1.165, 1.54) is 13.2 Å².